The van der Waals surface area contributed by atoms with Gasteiger partial charge in [-0.2, -0.15) is 0 Å². The number of hydrogen-bond donors (Lipinski definition) is 1. The molecule has 0 saturated heterocycles. The van der Waals surface area contributed by atoms with E-state index in [1.54, 1.807) is 0 Å². The number of carbonyl (C=O) groups is 1. The summed E-state index contributed by atoms with van der Waals surface area (Å²) >= 11 is 5.07. The van der Waals surface area contributed by atoms with Crippen molar-refractivity contribution in [2.45, 2.75) is 12.5 Å². The standard InChI is InChI=1S/C3H5ClO3.ClH/c1-2(4)7-3(5)6;/h2H,1H3,(H,5,6);1H. The zero-order valence-electron chi connectivity index (χ0n) is 4.13. The second kappa shape index (κ2) is 5.00. The third-order valence-corrected chi connectivity index (χ3v) is 0.352. The van der Waals surface area contributed by atoms with Gasteiger partial charge in [-0.15, -0.1) is 12.4 Å². The maximum atomic E-state index is 9.50. The number of ether oxygens (including phenoxy) is 1. The fourth-order valence-electron chi connectivity index (χ4n) is 0.139. The molecule has 0 radical (unpaired) electrons. The molecule has 0 aliphatic rings. The largest absolute Gasteiger partial charge is 0.507 e. The lowest BCUT2D eigenvalue weighted by molar-refractivity contribution is 0.0850. The van der Waals surface area contributed by atoms with Crippen molar-refractivity contribution in [2.75, 3.05) is 0 Å². The summed E-state index contributed by atoms with van der Waals surface area (Å²) in [4.78, 5) is 9.50. The van der Waals surface area contributed by atoms with E-state index in [0.29, 0.717) is 0 Å². The maximum absolute atomic E-state index is 9.50. The first-order valence-electron chi connectivity index (χ1n) is 1.66. The van der Waals surface area contributed by atoms with Crippen molar-refractivity contribution >= 4 is 30.2 Å². The average molecular weight is 161 g/mol. The molecule has 1 atom stereocenters. The van der Waals surface area contributed by atoms with Gasteiger partial charge in [0, 0.05) is 0 Å². The van der Waals surface area contributed by atoms with E-state index in [0.717, 1.165) is 0 Å². The summed E-state index contributed by atoms with van der Waals surface area (Å²) in [7, 11) is 0. The van der Waals surface area contributed by atoms with Crippen LogP contribution in [0.5, 0.6) is 0 Å². The summed E-state index contributed by atoms with van der Waals surface area (Å²) in [6, 6.07) is 0. The van der Waals surface area contributed by atoms with Crippen LogP contribution in [-0.4, -0.2) is 16.8 Å². The Morgan fingerprint density at radius 3 is 2.25 bits per heavy atom. The van der Waals surface area contributed by atoms with Gasteiger partial charge in [-0.25, -0.2) is 4.79 Å². The van der Waals surface area contributed by atoms with Gasteiger partial charge in [0.25, 0.3) is 0 Å². The van der Waals surface area contributed by atoms with Gasteiger partial charge in [-0.05, 0) is 6.92 Å². The Balaban J connectivity index is 0. The Bertz CT molecular complexity index is 72.9. The van der Waals surface area contributed by atoms with Crippen molar-refractivity contribution < 1.29 is 14.6 Å². The highest BCUT2D eigenvalue weighted by Crippen LogP contribution is 1.94. The van der Waals surface area contributed by atoms with E-state index in [4.69, 9.17) is 16.7 Å². The van der Waals surface area contributed by atoms with E-state index in [2.05, 4.69) is 4.74 Å². The highest BCUT2D eigenvalue weighted by atomic mass is 35.5. The lowest BCUT2D eigenvalue weighted by Gasteiger charge is -1.97. The number of hydrogen-bond acceptors (Lipinski definition) is 2. The van der Waals surface area contributed by atoms with Crippen LogP contribution in [0.2, 0.25) is 0 Å². The molecule has 0 spiro atoms. The van der Waals surface area contributed by atoms with Crippen LogP contribution < -0.4 is 0 Å². The van der Waals surface area contributed by atoms with Gasteiger partial charge in [-0.1, -0.05) is 11.6 Å². The minimum absolute atomic E-state index is 0. The van der Waals surface area contributed by atoms with E-state index in [1.165, 1.54) is 6.92 Å². The smallest absolute Gasteiger partial charge is 0.450 e. The second-order valence-corrected chi connectivity index (χ2v) is 1.54. The minimum atomic E-state index is -1.34. The molecule has 0 fully saturated rings. The van der Waals surface area contributed by atoms with Crippen LogP contribution in [0.15, 0.2) is 0 Å². The van der Waals surface area contributed by atoms with Crippen molar-refractivity contribution in [3.8, 4) is 0 Å². The zero-order chi connectivity index (χ0) is 5.86. The molecule has 0 amide bonds. The number of carboxylic acid groups (broad SMARTS) is 1. The van der Waals surface area contributed by atoms with Crippen molar-refractivity contribution in [3.63, 3.8) is 0 Å². The first-order chi connectivity index (χ1) is 3.13. The highest BCUT2D eigenvalue weighted by Gasteiger charge is 1.99. The fraction of sp³-hybridized carbons (Fsp3) is 0.667. The molecule has 0 aliphatic heterocycles. The molecule has 0 aromatic heterocycles. The van der Waals surface area contributed by atoms with Gasteiger partial charge in [0.2, 0.25) is 0 Å². The summed E-state index contributed by atoms with van der Waals surface area (Å²) in [5.74, 6) is 0. The third kappa shape index (κ3) is 9.28. The topological polar surface area (TPSA) is 46.5 Å². The zero-order valence-corrected chi connectivity index (χ0v) is 5.70. The Hall–Kier alpha value is -0.150. The van der Waals surface area contributed by atoms with Crippen molar-refractivity contribution in [2.24, 2.45) is 0 Å². The van der Waals surface area contributed by atoms with E-state index < -0.39 is 11.7 Å². The number of halogens is 2. The molecule has 0 bridgehead atoms. The molecule has 0 heterocycles. The van der Waals surface area contributed by atoms with Crippen LogP contribution in [0.25, 0.3) is 0 Å². The van der Waals surface area contributed by atoms with Crippen molar-refractivity contribution in [1.82, 2.24) is 0 Å². The average Bonchev–Trinajstić information content (AvgIpc) is 1.27. The number of rotatable bonds is 1. The second-order valence-electron chi connectivity index (χ2n) is 0.927. The van der Waals surface area contributed by atoms with E-state index in [9.17, 15) is 4.79 Å². The van der Waals surface area contributed by atoms with Gasteiger partial charge >= 0.3 is 6.16 Å². The summed E-state index contributed by atoms with van der Waals surface area (Å²) in [6.07, 6.45) is -1.34. The van der Waals surface area contributed by atoms with Gasteiger partial charge in [0.1, 0.15) is 0 Å². The minimum Gasteiger partial charge on any atom is -0.450 e. The van der Waals surface area contributed by atoms with Gasteiger partial charge in [0.05, 0.1) is 0 Å². The molecule has 8 heavy (non-hydrogen) atoms. The van der Waals surface area contributed by atoms with Gasteiger partial charge in [0.15, 0.2) is 5.56 Å². The molecule has 1 unspecified atom stereocenters. The van der Waals surface area contributed by atoms with Crippen LogP contribution in [-0.2, 0) is 4.74 Å². The molecule has 0 aromatic rings. The lowest BCUT2D eigenvalue weighted by atomic mass is 10.9. The molecular formula is C3H6Cl2O3. The SMILES string of the molecule is CC(Cl)OC(=O)O.Cl. The first kappa shape index (κ1) is 10.8. The quantitative estimate of drug-likeness (QED) is 0.470. The molecule has 0 saturated carbocycles. The lowest BCUT2D eigenvalue weighted by Crippen LogP contribution is -2.05. The monoisotopic (exact) mass is 160 g/mol. The van der Waals surface area contributed by atoms with Crippen LogP contribution >= 0.6 is 24.0 Å². The Kier molecular flexibility index (Phi) is 6.72. The van der Waals surface area contributed by atoms with E-state index in [-0.39, 0.29) is 12.4 Å². The van der Waals surface area contributed by atoms with Gasteiger partial charge in [-0.3, -0.25) is 0 Å². The fourth-order valence-corrected chi connectivity index (χ4v) is 0.215. The van der Waals surface area contributed by atoms with Gasteiger partial charge < -0.3 is 9.84 Å². The maximum Gasteiger partial charge on any atom is 0.507 e. The molecule has 1 N–H and O–H groups in total. The summed E-state index contributed by atoms with van der Waals surface area (Å²) < 4.78 is 3.93. The molecular weight excluding hydrogens is 155 g/mol. The normalized spacial score (nSPS) is 11.2. The number of alkyl halides is 1. The molecule has 50 valence electrons. The van der Waals surface area contributed by atoms with E-state index in [1.807, 2.05) is 0 Å². The van der Waals surface area contributed by atoms with Crippen LogP contribution in [0, 0.1) is 0 Å². The molecule has 0 aliphatic carbocycles. The van der Waals surface area contributed by atoms with E-state index >= 15 is 0 Å². The van der Waals surface area contributed by atoms with Crippen LogP contribution in [0.3, 0.4) is 0 Å². The van der Waals surface area contributed by atoms with Crippen molar-refractivity contribution in [3.05, 3.63) is 0 Å². The molecule has 0 aromatic carbocycles. The molecule has 3 nitrogen and oxygen atoms in total. The summed E-state index contributed by atoms with van der Waals surface area (Å²) in [5, 5.41) is 7.78. The predicted octanol–water partition coefficient (Wildman–Crippen LogP) is 1.69. The molecule has 5 heteroatoms. The van der Waals surface area contributed by atoms with Crippen LogP contribution in [0.1, 0.15) is 6.92 Å². The Labute approximate surface area is 58.0 Å². The summed E-state index contributed by atoms with van der Waals surface area (Å²) in [5.41, 5.74) is -0.752. The Morgan fingerprint density at radius 2 is 2.25 bits per heavy atom. The highest BCUT2D eigenvalue weighted by molar-refractivity contribution is 6.19. The van der Waals surface area contributed by atoms with Crippen LogP contribution in [0.4, 0.5) is 4.79 Å². The molecule has 0 rings (SSSR count). The third-order valence-electron chi connectivity index (χ3n) is 0.263. The van der Waals surface area contributed by atoms with Crippen molar-refractivity contribution in [1.29, 1.82) is 0 Å². The predicted molar refractivity (Wildman–Crippen MR) is 31.7 cm³/mol. The summed E-state index contributed by atoms with van der Waals surface area (Å²) in [6.45, 7) is 1.43. The first-order valence-corrected chi connectivity index (χ1v) is 2.10. The Morgan fingerprint density at radius 1 is 1.88 bits per heavy atom.